The van der Waals surface area contributed by atoms with Crippen molar-refractivity contribution in [1.82, 2.24) is 10.1 Å². The van der Waals surface area contributed by atoms with Crippen molar-refractivity contribution in [2.24, 2.45) is 0 Å². The van der Waals surface area contributed by atoms with Crippen LogP contribution in [0.4, 0.5) is 24.7 Å². The van der Waals surface area contributed by atoms with E-state index in [-0.39, 0.29) is 22.7 Å². The number of benzene rings is 2. The summed E-state index contributed by atoms with van der Waals surface area (Å²) in [5.41, 5.74) is 5.18. The number of alkyl halides is 3. The van der Waals surface area contributed by atoms with Crippen LogP contribution < -0.4 is 15.4 Å². The summed E-state index contributed by atoms with van der Waals surface area (Å²) in [6, 6.07) is 12.4. The number of carbonyl (C=O) groups is 1. The number of methoxy groups -OCH3 is 1. The van der Waals surface area contributed by atoms with E-state index in [1.54, 1.807) is 7.11 Å². The van der Waals surface area contributed by atoms with Crippen LogP contribution in [0, 0.1) is 0 Å². The predicted molar refractivity (Wildman–Crippen MR) is 112 cm³/mol. The second-order valence-electron chi connectivity index (χ2n) is 7.26. The molecule has 1 aliphatic rings. The van der Waals surface area contributed by atoms with Crippen LogP contribution in [0.3, 0.4) is 0 Å². The maximum atomic E-state index is 13.5. The van der Waals surface area contributed by atoms with Crippen LogP contribution in [0.1, 0.15) is 15.9 Å². The maximum absolute atomic E-state index is 13.5. The lowest BCUT2D eigenvalue weighted by atomic mass is 10.00. The van der Waals surface area contributed by atoms with Crippen LogP contribution in [0.5, 0.6) is 5.75 Å². The SMILES string of the molecule is COc1ccccc1N1CCN(C(=O)c2c(-c3ccccc3C(F)(F)F)noc2N)CC1. The molecule has 1 fully saturated rings. The van der Waals surface area contributed by atoms with Crippen LogP contribution in [0.15, 0.2) is 53.1 Å². The van der Waals surface area contributed by atoms with Crippen molar-refractivity contribution in [3.63, 3.8) is 0 Å². The Morgan fingerprint density at radius 3 is 2.41 bits per heavy atom. The molecule has 168 valence electrons. The highest BCUT2D eigenvalue weighted by Gasteiger charge is 2.37. The van der Waals surface area contributed by atoms with Gasteiger partial charge in [-0.15, -0.1) is 0 Å². The minimum Gasteiger partial charge on any atom is -0.495 e. The summed E-state index contributed by atoms with van der Waals surface area (Å²) in [4.78, 5) is 16.8. The lowest BCUT2D eigenvalue weighted by Gasteiger charge is -2.36. The number of carbonyl (C=O) groups excluding carboxylic acids is 1. The van der Waals surface area contributed by atoms with E-state index in [9.17, 15) is 18.0 Å². The minimum absolute atomic E-state index is 0.160. The zero-order valence-electron chi connectivity index (χ0n) is 17.2. The average Bonchev–Trinajstić information content (AvgIpc) is 3.19. The lowest BCUT2D eigenvalue weighted by Crippen LogP contribution is -2.49. The highest BCUT2D eigenvalue weighted by atomic mass is 19.4. The third-order valence-corrected chi connectivity index (χ3v) is 5.41. The molecule has 1 saturated heterocycles. The summed E-state index contributed by atoms with van der Waals surface area (Å²) in [5, 5.41) is 3.69. The van der Waals surface area contributed by atoms with Crippen molar-refractivity contribution in [3.8, 4) is 17.0 Å². The van der Waals surface area contributed by atoms with Gasteiger partial charge in [-0.05, 0) is 18.2 Å². The Morgan fingerprint density at radius 1 is 1.06 bits per heavy atom. The molecule has 1 aliphatic heterocycles. The van der Waals surface area contributed by atoms with Crippen molar-refractivity contribution < 1.29 is 27.2 Å². The van der Waals surface area contributed by atoms with Gasteiger partial charge >= 0.3 is 6.18 Å². The summed E-state index contributed by atoms with van der Waals surface area (Å²) < 4.78 is 50.8. The Kier molecular flexibility index (Phi) is 5.68. The summed E-state index contributed by atoms with van der Waals surface area (Å²) in [7, 11) is 1.59. The number of nitrogens with two attached hydrogens (primary N) is 1. The van der Waals surface area contributed by atoms with Crippen molar-refractivity contribution in [2.75, 3.05) is 43.9 Å². The van der Waals surface area contributed by atoms with E-state index in [1.165, 1.54) is 23.1 Å². The molecule has 0 spiro atoms. The van der Waals surface area contributed by atoms with Crippen LogP contribution in [0.25, 0.3) is 11.3 Å². The fourth-order valence-corrected chi connectivity index (χ4v) is 3.83. The maximum Gasteiger partial charge on any atom is 0.417 e. The predicted octanol–water partition coefficient (Wildman–Crippen LogP) is 3.91. The number of amides is 1. The Hall–Kier alpha value is -3.69. The molecular formula is C22H21F3N4O3. The molecule has 2 aromatic carbocycles. The quantitative estimate of drug-likeness (QED) is 0.654. The summed E-state index contributed by atoms with van der Waals surface area (Å²) in [5.74, 6) is -0.105. The number of halogens is 3. The number of aromatic nitrogens is 1. The van der Waals surface area contributed by atoms with E-state index in [4.69, 9.17) is 15.0 Å². The second kappa shape index (κ2) is 8.45. The molecule has 0 saturated carbocycles. The molecule has 7 nitrogen and oxygen atoms in total. The monoisotopic (exact) mass is 446 g/mol. The molecule has 0 radical (unpaired) electrons. The first-order valence-electron chi connectivity index (χ1n) is 9.90. The smallest absolute Gasteiger partial charge is 0.417 e. The number of hydrogen-bond acceptors (Lipinski definition) is 6. The van der Waals surface area contributed by atoms with Gasteiger partial charge in [0.05, 0.1) is 18.4 Å². The molecule has 10 heteroatoms. The summed E-state index contributed by atoms with van der Waals surface area (Å²) in [6.07, 6.45) is -4.62. The Morgan fingerprint density at radius 2 is 1.72 bits per heavy atom. The molecule has 32 heavy (non-hydrogen) atoms. The summed E-state index contributed by atoms with van der Waals surface area (Å²) in [6.45, 7) is 1.74. The first-order valence-corrected chi connectivity index (χ1v) is 9.90. The van der Waals surface area contributed by atoms with Crippen molar-refractivity contribution in [3.05, 3.63) is 59.7 Å². The highest BCUT2D eigenvalue weighted by molar-refractivity contribution is 6.04. The molecule has 1 aromatic heterocycles. The Balaban J connectivity index is 1.58. The summed E-state index contributed by atoms with van der Waals surface area (Å²) >= 11 is 0. The molecule has 0 aliphatic carbocycles. The van der Waals surface area contributed by atoms with Crippen molar-refractivity contribution >= 4 is 17.5 Å². The topological polar surface area (TPSA) is 84.8 Å². The second-order valence-corrected chi connectivity index (χ2v) is 7.26. The van der Waals surface area contributed by atoms with Crippen LogP contribution in [-0.4, -0.2) is 49.3 Å². The van der Waals surface area contributed by atoms with E-state index >= 15 is 0 Å². The van der Waals surface area contributed by atoms with Gasteiger partial charge in [-0.1, -0.05) is 35.5 Å². The van der Waals surface area contributed by atoms with E-state index in [1.807, 2.05) is 24.3 Å². The van der Waals surface area contributed by atoms with Crippen LogP contribution >= 0.6 is 0 Å². The first kappa shape index (κ1) is 21.5. The first-order chi connectivity index (χ1) is 15.3. The fraction of sp³-hybridized carbons (Fsp3) is 0.273. The number of hydrogen-bond donors (Lipinski definition) is 1. The van der Waals surface area contributed by atoms with E-state index in [0.717, 1.165) is 17.5 Å². The minimum atomic E-state index is -4.62. The number of ether oxygens (including phenoxy) is 1. The zero-order valence-corrected chi connectivity index (χ0v) is 17.2. The number of anilines is 2. The van der Waals surface area contributed by atoms with Gasteiger partial charge in [-0.25, -0.2) is 0 Å². The Labute approximate surface area is 182 Å². The number of nitrogens with zero attached hydrogens (tertiary/aromatic N) is 3. The fourth-order valence-electron chi connectivity index (χ4n) is 3.83. The number of piperazine rings is 1. The molecule has 0 atom stereocenters. The molecule has 2 heterocycles. The van der Waals surface area contributed by atoms with Crippen LogP contribution in [0.2, 0.25) is 0 Å². The van der Waals surface area contributed by atoms with Gasteiger partial charge < -0.3 is 24.8 Å². The average molecular weight is 446 g/mol. The van der Waals surface area contributed by atoms with Gasteiger partial charge in [-0.3, -0.25) is 4.79 Å². The van der Waals surface area contributed by atoms with E-state index in [2.05, 4.69) is 10.1 Å². The van der Waals surface area contributed by atoms with Gasteiger partial charge in [-0.2, -0.15) is 13.2 Å². The van der Waals surface area contributed by atoms with Crippen molar-refractivity contribution in [1.29, 1.82) is 0 Å². The van der Waals surface area contributed by atoms with E-state index < -0.39 is 17.6 Å². The van der Waals surface area contributed by atoms with Gasteiger partial charge in [0.15, 0.2) is 0 Å². The third kappa shape index (κ3) is 3.95. The number of para-hydroxylation sites is 2. The van der Waals surface area contributed by atoms with Crippen molar-refractivity contribution in [2.45, 2.75) is 6.18 Å². The standard InChI is InChI=1S/C22H21F3N4O3/c1-31-17-9-5-4-8-16(17)28-10-12-29(13-11-28)21(30)18-19(27-32-20(18)26)14-6-2-3-7-15(14)22(23,24)25/h2-9H,10-13,26H2,1H3. The third-order valence-electron chi connectivity index (χ3n) is 5.41. The lowest BCUT2D eigenvalue weighted by molar-refractivity contribution is -0.137. The highest BCUT2D eigenvalue weighted by Crippen LogP contribution is 2.39. The van der Waals surface area contributed by atoms with Gasteiger partial charge in [0, 0.05) is 31.7 Å². The number of nitrogen functional groups attached to an aromatic ring is 1. The van der Waals surface area contributed by atoms with E-state index in [0.29, 0.717) is 26.2 Å². The molecule has 4 rings (SSSR count). The largest absolute Gasteiger partial charge is 0.495 e. The molecular weight excluding hydrogens is 425 g/mol. The molecule has 0 unspecified atom stereocenters. The number of rotatable bonds is 4. The van der Waals surface area contributed by atoms with Crippen LogP contribution in [-0.2, 0) is 6.18 Å². The van der Waals surface area contributed by atoms with Gasteiger partial charge in [0.1, 0.15) is 17.0 Å². The molecule has 2 N–H and O–H groups in total. The zero-order chi connectivity index (χ0) is 22.9. The molecule has 0 bridgehead atoms. The Bertz CT molecular complexity index is 1120. The van der Waals surface area contributed by atoms with Gasteiger partial charge in [0.2, 0.25) is 5.88 Å². The van der Waals surface area contributed by atoms with Gasteiger partial charge in [0.25, 0.3) is 5.91 Å². The molecule has 3 aromatic rings. The normalized spacial score (nSPS) is 14.5. The molecule has 1 amide bonds.